The molecule has 0 saturated carbocycles. The molecule has 1 aliphatic rings. The molecule has 2 rings (SSSR count). The highest BCUT2D eigenvalue weighted by Crippen LogP contribution is 2.14. The molecule has 2 N–H and O–H groups in total. The van der Waals surface area contributed by atoms with Crippen LogP contribution in [-0.4, -0.2) is 36.4 Å². The van der Waals surface area contributed by atoms with Crippen LogP contribution >= 0.6 is 0 Å². The fraction of sp³-hybridized carbons (Fsp3) is 0.364. The van der Waals surface area contributed by atoms with Crippen molar-refractivity contribution in [1.29, 1.82) is 0 Å². The van der Waals surface area contributed by atoms with E-state index in [0.717, 1.165) is 0 Å². The number of amides is 1. The zero-order chi connectivity index (χ0) is 10.7. The van der Waals surface area contributed by atoms with E-state index in [1.165, 1.54) is 0 Å². The summed E-state index contributed by atoms with van der Waals surface area (Å²) in [6.45, 7) is 0.824. The van der Waals surface area contributed by atoms with E-state index in [9.17, 15) is 9.90 Å². The highest BCUT2D eigenvalue weighted by atomic mass is 16.5. The van der Waals surface area contributed by atoms with Crippen LogP contribution in [0.5, 0.6) is 0 Å². The van der Waals surface area contributed by atoms with E-state index < -0.39 is 5.60 Å². The molecule has 1 saturated heterocycles. The lowest BCUT2D eigenvalue weighted by Gasteiger charge is -2.36. The van der Waals surface area contributed by atoms with Gasteiger partial charge in [0.15, 0.2) is 0 Å². The Balaban J connectivity index is 1.88. The predicted octanol–water partition coefficient (Wildman–Crippen LogP) is 0.178. The topological polar surface area (TPSA) is 58.6 Å². The molecule has 0 spiro atoms. The standard InChI is InChI=1S/C11H13NO3/c13-10(9-4-2-1-3-5-9)12-6-11(14)7-15-8-11/h1-5,14H,6-8H2,(H,12,13). The SMILES string of the molecule is O=C(NCC1(O)COC1)c1ccccc1. The molecule has 0 radical (unpaired) electrons. The van der Waals surface area contributed by atoms with Crippen LogP contribution < -0.4 is 5.32 Å². The Hall–Kier alpha value is -1.39. The van der Waals surface area contributed by atoms with Crippen LogP contribution in [0.2, 0.25) is 0 Å². The lowest BCUT2D eigenvalue weighted by Crippen LogP contribution is -2.56. The quantitative estimate of drug-likeness (QED) is 0.743. The molecule has 0 unspecified atom stereocenters. The molecule has 0 aromatic heterocycles. The summed E-state index contributed by atoms with van der Waals surface area (Å²) < 4.78 is 4.87. The summed E-state index contributed by atoms with van der Waals surface area (Å²) in [6.07, 6.45) is 0. The third kappa shape index (κ3) is 2.34. The molecule has 1 aromatic rings. The highest BCUT2D eigenvalue weighted by Gasteiger charge is 2.36. The molecule has 4 heteroatoms. The van der Waals surface area contributed by atoms with Gasteiger partial charge in [-0.3, -0.25) is 4.79 Å². The van der Waals surface area contributed by atoms with E-state index in [4.69, 9.17) is 4.74 Å². The van der Waals surface area contributed by atoms with E-state index in [1.54, 1.807) is 24.3 Å². The van der Waals surface area contributed by atoms with Crippen LogP contribution in [-0.2, 0) is 4.74 Å². The number of benzene rings is 1. The minimum Gasteiger partial charge on any atom is -0.383 e. The van der Waals surface area contributed by atoms with Crippen LogP contribution in [0.15, 0.2) is 30.3 Å². The van der Waals surface area contributed by atoms with E-state index in [-0.39, 0.29) is 12.5 Å². The van der Waals surface area contributed by atoms with E-state index in [0.29, 0.717) is 18.8 Å². The van der Waals surface area contributed by atoms with Crippen LogP contribution in [0.4, 0.5) is 0 Å². The van der Waals surface area contributed by atoms with Gasteiger partial charge in [-0.1, -0.05) is 18.2 Å². The second-order valence-electron chi connectivity index (χ2n) is 3.77. The van der Waals surface area contributed by atoms with Gasteiger partial charge in [-0.2, -0.15) is 0 Å². The summed E-state index contributed by atoms with van der Waals surface area (Å²) >= 11 is 0. The first-order valence-electron chi connectivity index (χ1n) is 4.83. The number of nitrogens with one attached hydrogen (secondary N) is 1. The van der Waals surface area contributed by atoms with Crippen molar-refractivity contribution in [1.82, 2.24) is 5.32 Å². The molecule has 0 bridgehead atoms. The van der Waals surface area contributed by atoms with Crippen molar-refractivity contribution in [3.8, 4) is 0 Å². The van der Waals surface area contributed by atoms with Crippen LogP contribution in [0.3, 0.4) is 0 Å². The van der Waals surface area contributed by atoms with Gasteiger partial charge in [0.2, 0.25) is 0 Å². The monoisotopic (exact) mass is 207 g/mol. The second-order valence-corrected chi connectivity index (χ2v) is 3.77. The number of carbonyl (C=O) groups is 1. The summed E-state index contributed by atoms with van der Waals surface area (Å²) in [7, 11) is 0. The summed E-state index contributed by atoms with van der Waals surface area (Å²) in [6, 6.07) is 8.92. The fourth-order valence-electron chi connectivity index (χ4n) is 1.38. The Morgan fingerprint density at radius 3 is 2.60 bits per heavy atom. The number of carbonyl (C=O) groups excluding carboxylic acids is 1. The van der Waals surface area contributed by atoms with Crippen molar-refractivity contribution in [2.45, 2.75) is 5.60 Å². The van der Waals surface area contributed by atoms with Crippen molar-refractivity contribution < 1.29 is 14.6 Å². The lowest BCUT2D eigenvalue weighted by molar-refractivity contribution is -0.173. The number of ether oxygens (including phenoxy) is 1. The Kier molecular flexibility index (Phi) is 2.70. The average Bonchev–Trinajstić information content (AvgIpc) is 2.24. The molecular formula is C11H13NO3. The van der Waals surface area contributed by atoms with Gasteiger partial charge in [-0.25, -0.2) is 0 Å². The largest absolute Gasteiger partial charge is 0.383 e. The Bertz CT molecular complexity index is 346. The zero-order valence-electron chi connectivity index (χ0n) is 8.27. The first-order valence-corrected chi connectivity index (χ1v) is 4.83. The predicted molar refractivity (Wildman–Crippen MR) is 54.5 cm³/mol. The Morgan fingerprint density at radius 2 is 2.07 bits per heavy atom. The minimum absolute atomic E-state index is 0.170. The van der Waals surface area contributed by atoms with Gasteiger partial charge >= 0.3 is 0 Å². The van der Waals surface area contributed by atoms with E-state index >= 15 is 0 Å². The third-order valence-corrected chi connectivity index (χ3v) is 2.36. The number of rotatable bonds is 3. The van der Waals surface area contributed by atoms with Gasteiger partial charge in [0.1, 0.15) is 5.60 Å². The Morgan fingerprint density at radius 1 is 1.40 bits per heavy atom. The van der Waals surface area contributed by atoms with Crippen molar-refractivity contribution in [2.75, 3.05) is 19.8 Å². The summed E-state index contributed by atoms with van der Waals surface area (Å²) in [5.41, 5.74) is -0.272. The summed E-state index contributed by atoms with van der Waals surface area (Å²) in [4.78, 5) is 11.6. The number of aliphatic hydroxyl groups is 1. The van der Waals surface area contributed by atoms with Gasteiger partial charge in [0, 0.05) is 5.56 Å². The van der Waals surface area contributed by atoms with Gasteiger partial charge in [0.25, 0.3) is 5.91 Å². The molecule has 80 valence electrons. The van der Waals surface area contributed by atoms with E-state index in [1.807, 2.05) is 6.07 Å². The maximum atomic E-state index is 11.6. The lowest BCUT2D eigenvalue weighted by atomic mass is 10.0. The van der Waals surface area contributed by atoms with Gasteiger partial charge in [-0.05, 0) is 12.1 Å². The normalized spacial score (nSPS) is 17.9. The van der Waals surface area contributed by atoms with Crippen LogP contribution in [0.25, 0.3) is 0 Å². The second kappa shape index (κ2) is 4.00. The van der Waals surface area contributed by atoms with Gasteiger partial charge < -0.3 is 15.2 Å². The molecular weight excluding hydrogens is 194 g/mol. The van der Waals surface area contributed by atoms with Gasteiger partial charge in [0.05, 0.1) is 19.8 Å². The maximum Gasteiger partial charge on any atom is 0.251 e. The maximum absolute atomic E-state index is 11.6. The molecule has 0 atom stereocenters. The average molecular weight is 207 g/mol. The molecule has 1 aromatic carbocycles. The molecule has 1 amide bonds. The highest BCUT2D eigenvalue weighted by molar-refractivity contribution is 5.94. The molecule has 4 nitrogen and oxygen atoms in total. The number of hydrogen-bond acceptors (Lipinski definition) is 3. The van der Waals surface area contributed by atoms with Gasteiger partial charge in [-0.15, -0.1) is 0 Å². The fourth-order valence-corrected chi connectivity index (χ4v) is 1.38. The Labute approximate surface area is 87.9 Å². The molecule has 1 aliphatic heterocycles. The van der Waals surface area contributed by atoms with Crippen LogP contribution in [0.1, 0.15) is 10.4 Å². The van der Waals surface area contributed by atoms with Crippen molar-refractivity contribution in [3.05, 3.63) is 35.9 Å². The smallest absolute Gasteiger partial charge is 0.251 e. The number of hydrogen-bond donors (Lipinski definition) is 2. The van der Waals surface area contributed by atoms with Crippen LogP contribution in [0, 0.1) is 0 Å². The first kappa shape index (κ1) is 10.1. The first-order chi connectivity index (χ1) is 7.20. The molecule has 1 heterocycles. The van der Waals surface area contributed by atoms with Crippen molar-refractivity contribution in [3.63, 3.8) is 0 Å². The molecule has 15 heavy (non-hydrogen) atoms. The summed E-state index contributed by atoms with van der Waals surface area (Å²) in [5, 5.41) is 12.3. The zero-order valence-corrected chi connectivity index (χ0v) is 8.27. The molecule has 0 aliphatic carbocycles. The van der Waals surface area contributed by atoms with E-state index in [2.05, 4.69) is 5.32 Å². The van der Waals surface area contributed by atoms with Crippen molar-refractivity contribution in [2.24, 2.45) is 0 Å². The molecule has 1 fully saturated rings. The van der Waals surface area contributed by atoms with Crippen molar-refractivity contribution >= 4 is 5.91 Å². The summed E-state index contributed by atoms with van der Waals surface area (Å²) in [5.74, 6) is -0.170. The minimum atomic E-state index is -0.871. The third-order valence-electron chi connectivity index (χ3n) is 2.36.